The smallest absolute Gasteiger partial charge is 0.242 e. The summed E-state index contributed by atoms with van der Waals surface area (Å²) >= 11 is 0. The Bertz CT molecular complexity index is 383. The van der Waals surface area contributed by atoms with Crippen LogP contribution in [0.15, 0.2) is 0 Å². The predicted octanol–water partition coefficient (Wildman–Crippen LogP) is 1.01. The number of nitrogens with one attached hydrogen (secondary N) is 1. The maximum Gasteiger partial charge on any atom is 0.242 e. The largest absolute Gasteiger partial charge is 0.381 e. The van der Waals surface area contributed by atoms with Crippen LogP contribution in [0.4, 0.5) is 0 Å². The number of ether oxygens (including phenoxy) is 1. The van der Waals surface area contributed by atoms with Crippen LogP contribution >= 0.6 is 0 Å². The van der Waals surface area contributed by atoms with Gasteiger partial charge >= 0.3 is 0 Å². The van der Waals surface area contributed by atoms with Gasteiger partial charge in [-0.05, 0) is 52.1 Å². The molecular weight excluding hydrogens is 294 g/mol. The number of carbonyl (C=O) groups is 2. The third-order valence-corrected chi connectivity index (χ3v) is 4.75. The second kappa shape index (κ2) is 9.88. The van der Waals surface area contributed by atoms with Gasteiger partial charge in [-0.15, -0.1) is 0 Å². The van der Waals surface area contributed by atoms with Crippen molar-refractivity contribution >= 4 is 11.8 Å². The highest BCUT2D eigenvalue weighted by atomic mass is 16.5. The third-order valence-electron chi connectivity index (χ3n) is 4.75. The first kappa shape index (κ1) is 18.2. The molecule has 0 aromatic carbocycles. The normalized spacial score (nSPS) is 21.8. The molecule has 0 aromatic rings. The van der Waals surface area contributed by atoms with E-state index in [9.17, 15) is 9.59 Å². The van der Waals surface area contributed by atoms with E-state index >= 15 is 0 Å². The topological polar surface area (TPSA) is 61.9 Å². The number of carbonyl (C=O) groups excluding carboxylic acids is 2. The van der Waals surface area contributed by atoms with Crippen molar-refractivity contribution < 1.29 is 14.3 Å². The van der Waals surface area contributed by atoms with Gasteiger partial charge in [0.25, 0.3) is 0 Å². The summed E-state index contributed by atoms with van der Waals surface area (Å²) in [6.07, 6.45) is 6.10. The van der Waals surface area contributed by atoms with Crippen LogP contribution in [0, 0.1) is 0 Å². The minimum Gasteiger partial charge on any atom is -0.381 e. The van der Waals surface area contributed by atoms with Gasteiger partial charge in [0.1, 0.15) is 0 Å². The van der Waals surface area contributed by atoms with Crippen LogP contribution in [-0.4, -0.2) is 73.6 Å². The fraction of sp³-hybridized carbons (Fsp3) is 0.882. The van der Waals surface area contributed by atoms with Crippen LogP contribution in [-0.2, 0) is 14.3 Å². The summed E-state index contributed by atoms with van der Waals surface area (Å²) < 4.78 is 5.50. The summed E-state index contributed by atoms with van der Waals surface area (Å²) in [5, 5.41) is 2.70. The van der Waals surface area contributed by atoms with Crippen molar-refractivity contribution in [1.29, 1.82) is 0 Å². The van der Waals surface area contributed by atoms with Crippen molar-refractivity contribution in [2.75, 3.05) is 45.9 Å². The van der Waals surface area contributed by atoms with E-state index in [4.69, 9.17) is 4.74 Å². The maximum absolute atomic E-state index is 12.0. The van der Waals surface area contributed by atoms with E-state index < -0.39 is 0 Å². The Hall–Kier alpha value is -1.14. The summed E-state index contributed by atoms with van der Waals surface area (Å²) in [5.74, 6) is -0.0837. The molecule has 6 nitrogen and oxygen atoms in total. The Morgan fingerprint density at radius 2 is 1.91 bits per heavy atom. The molecule has 2 rings (SSSR count). The van der Waals surface area contributed by atoms with E-state index in [0.29, 0.717) is 25.7 Å². The lowest BCUT2D eigenvalue weighted by molar-refractivity contribution is -0.133. The van der Waals surface area contributed by atoms with Crippen molar-refractivity contribution in [3.8, 4) is 0 Å². The van der Waals surface area contributed by atoms with E-state index in [1.165, 1.54) is 25.9 Å². The molecule has 0 bridgehead atoms. The second-order valence-corrected chi connectivity index (χ2v) is 6.62. The van der Waals surface area contributed by atoms with Gasteiger partial charge in [0.2, 0.25) is 11.8 Å². The lowest BCUT2D eigenvalue weighted by Crippen LogP contribution is -2.41. The molecule has 2 amide bonds. The Balaban J connectivity index is 1.44. The summed E-state index contributed by atoms with van der Waals surface area (Å²) in [5.41, 5.74) is 0. The molecule has 2 aliphatic heterocycles. The van der Waals surface area contributed by atoms with Gasteiger partial charge in [-0.25, -0.2) is 0 Å². The minimum absolute atomic E-state index is 0.0230. The molecule has 2 saturated heterocycles. The molecule has 0 aromatic heterocycles. The summed E-state index contributed by atoms with van der Waals surface area (Å²) in [6, 6.07) is 0.304. The molecule has 0 aliphatic carbocycles. The Labute approximate surface area is 139 Å². The number of nitrogens with zero attached hydrogens (tertiary/aromatic N) is 2. The molecule has 132 valence electrons. The monoisotopic (exact) mass is 325 g/mol. The van der Waals surface area contributed by atoms with Crippen molar-refractivity contribution in [2.45, 2.75) is 51.5 Å². The fourth-order valence-corrected chi connectivity index (χ4v) is 3.33. The quantitative estimate of drug-likeness (QED) is 0.643. The van der Waals surface area contributed by atoms with Gasteiger partial charge in [0.05, 0.1) is 13.2 Å². The molecule has 6 heteroatoms. The van der Waals surface area contributed by atoms with Gasteiger partial charge in [-0.2, -0.15) is 0 Å². The maximum atomic E-state index is 12.0. The Kier molecular flexibility index (Phi) is 7.82. The molecule has 0 saturated carbocycles. The lowest BCUT2D eigenvalue weighted by Gasteiger charge is -2.21. The molecule has 1 unspecified atom stereocenters. The van der Waals surface area contributed by atoms with Gasteiger partial charge in [-0.3, -0.25) is 9.59 Å². The number of amides is 2. The standard InChI is InChI=1S/C17H31N3O3/c1-15-6-4-11-20(15)17(22)14-18-16(21)7-13-23-12-5-10-19-8-2-3-9-19/h15H,2-14H2,1H3,(H,18,21). The fourth-order valence-electron chi connectivity index (χ4n) is 3.33. The zero-order valence-corrected chi connectivity index (χ0v) is 14.4. The van der Waals surface area contributed by atoms with Crippen molar-refractivity contribution in [3.63, 3.8) is 0 Å². The van der Waals surface area contributed by atoms with Crippen LogP contribution in [0.2, 0.25) is 0 Å². The van der Waals surface area contributed by atoms with Crippen molar-refractivity contribution in [2.24, 2.45) is 0 Å². The molecule has 23 heavy (non-hydrogen) atoms. The number of hydrogen-bond acceptors (Lipinski definition) is 4. The average Bonchev–Trinajstić information content (AvgIpc) is 3.19. The van der Waals surface area contributed by atoms with Crippen LogP contribution in [0.25, 0.3) is 0 Å². The lowest BCUT2D eigenvalue weighted by atomic mass is 10.2. The number of rotatable bonds is 9. The SMILES string of the molecule is CC1CCCN1C(=O)CNC(=O)CCOCCCN1CCCC1. The predicted molar refractivity (Wildman–Crippen MR) is 89.1 cm³/mol. The zero-order chi connectivity index (χ0) is 16.5. The minimum atomic E-state index is -0.107. The number of likely N-dealkylation sites (tertiary alicyclic amines) is 2. The third kappa shape index (κ3) is 6.47. The molecule has 2 aliphatic rings. The second-order valence-electron chi connectivity index (χ2n) is 6.62. The molecular formula is C17H31N3O3. The van der Waals surface area contributed by atoms with E-state index in [2.05, 4.69) is 17.1 Å². The van der Waals surface area contributed by atoms with Gasteiger partial charge in [0.15, 0.2) is 0 Å². The van der Waals surface area contributed by atoms with Crippen LogP contribution in [0.1, 0.15) is 45.4 Å². The molecule has 0 spiro atoms. The number of hydrogen-bond donors (Lipinski definition) is 1. The van der Waals surface area contributed by atoms with E-state index in [-0.39, 0.29) is 18.4 Å². The highest BCUT2D eigenvalue weighted by Crippen LogP contribution is 2.15. The summed E-state index contributed by atoms with van der Waals surface area (Å²) in [4.78, 5) is 28.0. The Morgan fingerprint density at radius 3 is 2.61 bits per heavy atom. The molecule has 1 N–H and O–H groups in total. The highest BCUT2D eigenvalue weighted by Gasteiger charge is 2.24. The average molecular weight is 325 g/mol. The summed E-state index contributed by atoms with van der Waals surface area (Å²) in [7, 11) is 0. The van der Waals surface area contributed by atoms with E-state index in [1.807, 2.05) is 4.90 Å². The van der Waals surface area contributed by atoms with Crippen molar-refractivity contribution in [3.05, 3.63) is 0 Å². The molecule has 2 fully saturated rings. The van der Waals surface area contributed by atoms with Crippen molar-refractivity contribution in [1.82, 2.24) is 15.1 Å². The zero-order valence-electron chi connectivity index (χ0n) is 14.4. The van der Waals surface area contributed by atoms with E-state index in [0.717, 1.165) is 32.4 Å². The molecule has 0 radical (unpaired) electrons. The first-order valence-corrected chi connectivity index (χ1v) is 9.03. The van der Waals surface area contributed by atoms with Crippen LogP contribution in [0.5, 0.6) is 0 Å². The van der Waals surface area contributed by atoms with Crippen LogP contribution in [0.3, 0.4) is 0 Å². The van der Waals surface area contributed by atoms with Gasteiger partial charge in [-0.1, -0.05) is 0 Å². The summed E-state index contributed by atoms with van der Waals surface area (Å²) in [6.45, 7) is 7.64. The van der Waals surface area contributed by atoms with Gasteiger partial charge in [0, 0.05) is 32.2 Å². The highest BCUT2D eigenvalue weighted by molar-refractivity contribution is 5.85. The van der Waals surface area contributed by atoms with E-state index in [1.54, 1.807) is 0 Å². The molecule has 1 atom stereocenters. The van der Waals surface area contributed by atoms with Gasteiger partial charge < -0.3 is 19.9 Å². The Morgan fingerprint density at radius 1 is 1.13 bits per heavy atom. The molecule has 2 heterocycles. The first-order chi connectivity index (χ1) is 11.2. The first-order valence-electron chi connectivity index (χ1n) is 9.03. The van der Waals surface area contributed by atoms with Crippen LogP contribution < -0.4 is 5.32 Å².